The van der Waals surface area contributed by atoms with E-state index in [9.17, 15) is 10.2 Å². The summed E-state index contributed by atoms with van der Waals surface area (Å²) in [6, 6.07) is 0. The normalized spacial score (nSPS) is 46.6. The highest BCUT2D eigenvalue weighted by atomic mass is 16.3. The molecule has 0 radical (unpaired) electrons. The van der Waals surface area contributed by atoms with Gasteiger partial charge >= 0.3 is 0 Å². The van der Waals surface area contributed by atoms with E-state index < -0.39 is 12.2 Å². The summed E-state index contributed by atoms with van der Waals surface area (Å²) in [6.07, 6.45) is 1.76. The second-order valence-electron chi connectivity index (χ2n) is 4.15. The number of rotatable bonds is 0. The van der Waals surface area contributed by atoms with Crippen LogP contribution in [0.15, 0.2) is 0 Å². The molecule has 3 unspecified atom stereocenters. The molecule has 0 bridgehead atoms. The second kappa shape index (κ2) is 3.53. The predicted octanol–water partition coefficient (Wildman–Crippen LogP) is -1.18. The van der Waals surface area contributed by atoms with Gasteiger partial charge in [-0.05, 0) is 32.4 Å². The molecule has 4 nitrogen and oxygen atoms in total. The highest BCUT2D eigenvalue weighted by molar-refractivity contribution is 5.05. The van der Waals surface area contributed by atoms with Crippen LogP contribution < -0.4 is 10.6 Å². The van der Waals surface area contributed by atoms with Crippen molar-refractivity contribution in [2.45, 2.75) is 37.0 Å². The van der Waals surface area contributed by atoms with Crippen molar-refractivity contribution in [2.24, 2.45) is 0 Å². The lowest BCUT2D eigenvalue weighted by molar-refractivity contribution is 0.00656. The molecule has 0 saturated carbocycles. The van der Waals surface area contributed by atoms with Gasteiger partial charge in [-0.25, -0.2) is 0 Å². The lowest BCUT2D eigenvalue weighted by Crippen LogP contribution is -2.49. The van der Waals surface area contributed by atoms with Gasteiger partial charge in [-0.2, -0.15) is 0 Å². The molecule has 2 aliphatic rings. The summed E-state index contributed by atoms with van der Waals surface area (Å²) in [4.78, 5) is 0. The first-order chi connectivity index (χ1) is 6.25. The van der Waals surface area contributed by atoms with Crippen molar-refractivity contribution in [2.75, 3.05) is 19.6 Å². The smallest absolute Gasteiger partial charge is 0.0993 e. The summed E-state index contributed by atoms with van der Waals surface area (Å²) in [7, 11) is 0. The monoisotopic (exact) mass is 186 g/mol. The van der Waals surface area contributed by atoms with Crippen molar-refractivity contribution in [1.29, 1.82) is 0 Å². The van der Waals surface area contributed by atoms with Crippen molar-refractivity contribution >= 4 is 0 Å². The Kier molecular flexibility index (Phi) is 2.55. The van der Waals surface area contributed by atoms with Crippen LogP contribution in [0.1, 0.15) is 19.3 Å². The zero-order valence-corrected chi connectivity index (χ0v) is 7.79. The number of hydrogen-bond acceptors (Lipinski definition) is 4. The van der Waals surface area contributed by atoms with Gasteiger partial charge in [-0.15, -0.1) is 0 Å². The van der Waals surface area contributed by atoms with Gasteiger partial charge in [-0.3, -0.25) is 0 Å². The zero-order valence-electron chi connectivity index (χ0n) is 7.79. The van der Waals surface area contributed by atoms with Gasteiger partial charge in [0.05, 0.1) is 12.2 Å². The molecule has 76 valence electrons. The van der Waals surface area contributed by atoms with Crippen LogP contribution in [0.25, 0.3) is 0 Å². The Hall–Kier alpha value is -0.160. The summed E-state index contributed by atoms with van der Waals surface area (Å²) in [6.45, 7) is 2.48. The summed E-state index contributed by atoms with van der Waals surface area (Å²) in [5.74, 6) is 0. The fourth-order valence-corrected chi connectivity index (χ4v) is 2.46. The van der Waals surface area contributed by atoms with E-state index in [0.717, 1.165) is 32.4 Å². The number of β-amino-alcohol motifs (C(OH)–C–C–N with tert-alkyl or cyclic N) is 1. The number of hydrogen-bond donors (Lipinski definition) is 4. The lowest BCUT2D eigenvalue weighted by atomic mass is 9.86. The Bertz CT molecular complexity index is 178. The molecule has 2 aliphatic heterocycles. The van der Waals surface area contributed by atoms with Crippen LogP contribution in [-0.4, -0.2) is 47.6 Å². The van der Waals surface area contributed by atoms with Gasteiger partial charge in [0.15, 0.2) is 0 Å². The highest BCUT2D eigenvalue weighted by Gasteiger charge is 2.46. The predicted molar refractivity (Wildman–Crippen MR) is 49.5 cm³/mol. The molecular weight excluding hydrogens is 168 g/mol. The molecule has 4 heteroatoms. The molecular formula is C9H18N2O2. The molecule has 1 spiro atoms. The van der Waals surface area contributed by atoms with Gasteiger partial charge in [0.2, 0.25) is 0 Å². The minimum absolute atomic E-state index is 0.219. The van der Waals surface area contributed by atoms with Crippen LogP contribution in [0, 0.1) is 0 Å². The Labute approximate surface area is 78.3 Å². The molecule has 2 heterocycles. The quantitative estimate of drug-likeness (QED) is 0.385. The molecule has 2 fully saturated rings. The average molecular weight is 186 g/mol. The Balaban J connectivity index is 2.09. The van der Waals surface area contributed by atoms with Crippen LogP contribution in [0.3, 0.4) is 0 Å². The first kappa shape index (κ1) is 9.40. The molecule has 4 N–H and O–H groups in total. The Morgan fingerprint density at radius 3 is 2.69 bits per heavy atom. The van der Waals surface area contributed by atoms with Crippen LogP contribution in [0.5, 0.6) is 0 Å². The molecule has 3 atom stereocenters. The van der Waals surface area contributed by atoms with Crippen molar-refractivity contribution in [3.63, 3.8) is 0 Å². The third kappa shape index (κ3) is 1.59. The highest BCUT2D eigenvalue weighted by Crippen LogP contribution is 2.29. The average Bonchev–Trinajstić information content (AvgIpc) is 2.38. The van der Waals surface area contributed by atoms with Crippen molar-refractivity contribution in [1.82, 2.24) is 10.6 Å². The Morgan fingerprint density at radius 1 is 1.15 bits per heavy atom. The van der Waals surface area contributed by atoms with Crippen molar-refractivity contribution in [3.05, 3.63) is 0 Å². The van der Waals surface area contributed by atoms with Gasteiger partial charge < -0.3 is 20.8 Å². The summed E-state index contributed by atoms with van der Waals surface area (Å²) in [5, 5.41) is 25.9. The minimum Gasteiger partial charge on any atom is -0.389 e. The third-order valence-electron chi connectivity index (χ3n) is 3.32. The van der Waals surface area contributed by atoms with Crippen LogP contribution in [-0.2, 0) is 0 Å². The van der Waals surface area contributed by atoms with Crippen LogP contribution >= 0.6 is 0 Å². The van der Waals surface area contributed by atoms with E-state index >= 15 is 0 Å². The minimum atomic E-state index is -0.590. The van der Waals surface area contributed by atoms with Gasteiger partial charge in [-0.1, -0.05) is 0 Å². The number of aliphatic hydroxyl groups is 2. The molecule has 0 aromatic rings. The SMILES string of the molecule is OC1CNC2(CCCNCC2)C1O. The fourth-order valence-electron chi connectivity index (χ4n) is 2.46. The van der Waals surface area contributed by atoms with E-state index in [1.807, 2.05) is 0 Å². The van der Waals surface area contributed by atoms with E-state index in [4.69, 9.17) is 0 Å². The summed E-state index contributed by atoms with van der Waals surface area (Å²) < 4.78 is 0. The number of aliphatic hydroxyl groups excluding tert-OH is 2. The first-order valence-electron chi connectivity index (χ1n) is 5.06. The maximum Gasteiger partial charge on any atom is 0.0993 e. The number of nitrogens with one attached hydrogen (secondary N) is 2. The zero-order chi connectivity index (χ0) is 9.31. The van der Waals surface area contributed by atoms with Crippen molar-refractivity contribution < 1.29 is 10.2 Å². The lowest BCUT2D eigenvalue weighted by Gasteiger charge is -2.31. The summed E-state index contributed by atoms with van der Waals surface area (Å²) >= 11 is 0. The van der Waals surface area contributed by atoms with E-state index in [1.165, 1.54) is 0 Å². The molecule has 0 aliphatic carbocycles. The van der Waals surface area contributed by atoms with E-state index in [2.05, 4.69) is 10.6 Å². The standard InChI is InChI=1S/C9H18N2O2/c12-7-6-11-9(8(7)13)2-1-4-10-5-3-9/h7-8,10-13H,1-6H2. The fraction of sp³-hybridized carbons (Fsp3) is 1.00. The van der Waals surface area contributed by atoms with Crippen molar-refractivity contribution in [3.8, 4) is 0 Å². The van der Waals surface area contributed by atoms with Gasteiger partial charge in [0.1, 0.15) is 0 Å². The first-order valence-corrected chi connectivity index (χ1v) is 5.06. The van der Waals surface area contributed by atoms with Crippen LogP contribution in [0.4, 0.5) is 0 Å². The molecule has 2 saturated heterocycles. The third-order valence-corrected chi connectivity index (χ3v) is 3.32. The maximum atomic E-state index is 9.86. The van der Waals surface area contributed by atoms with Gasteiger partial charge in [0.25, 0.3) is 0 Å². The molecule has 2 rings (SSSR count). The summed E-state index contributed by atoms with van der Waals surface area (Å²) in [5.41, 5.74) is -0.219. The molecule has 0 aromatic carbocycles. The molecule has 13 heavy (non-hydrogen) atoms. The van der Waals surface area contributed by atoms with E-state index in [0.29, 0.717) is 6.54 Å². The largest absolute Gasteiger partial charge is 0.389 e. The topological polar surface area (TPSA) is 64.5 Å². The second-order valence-corrected chi connectivity index (χ2v) is 4.15. The van der Waals surface area contributed by atoms with E-state index in [1.54, 1.807) is 0 Å². The maximum absolute atomic E-state index is 9.86. The molecule has 0 aromatic heterocycles. The molecule has 0 amide bonds. The van der Waals surface area contributed by atoms with E-state index in [-0.39, 0.29) is 5.54 Å². The van der Waals surface area contributed by atoms with Crippen LogP contribution in [0.2, 0.25) is 0 Å². The Morgan fingerprint density at radius 2 is 2.00 bits per heavy atom. The van der Waals surface area contributed by atoms with Gasteiger partial charge in [0, 0.05) is 12.1 Å².